The average Bonchev–Trinajstić information content (AvgIpc) is 2.55. The SMILES string of the molecule is ClCC1CCC2(CCCC2)CC1. The molecule has 2 aliphatic carbocycles. The first-order valence-corrected chi connectivity index (χ1v) is 5.94. The molecule has 0 nitrogen and oxygen atoms in total. The number of hydrogen-bond donors (Lipinski definition) is 0. The van der Waals surface area contributed by atoms with E-state index in [9.17, 15) is 0 Å². The molecule has 0 aromatic heterocycles. The van der Waals surface area contributed by atoms with Crippen molar-refractivity contribution in [1.82, 2.24) is 0 Å². The van der Waals surface area contributed by atoms with Gasteiger partial charge >= 0.3 is 0 Å². The van der Waals surface area contributed by atoms with Gasteiger partial charge in [-0.25, -0.2) is 0 Å². The Morgan fingerprint density at radius 3 is 2.08 bits per heavy atom. The van der Waals surface area contributed by atoms with Crippen LogP contribution in [-0.2, 0) is 0 Å². The van der Waals surface area contributed by atoms with Crippen molar-refractivity contribution in [3.8, 4) is 0 Å². The third-order valence-electron chi connectivity index (χ3n) is 4.05. The molecule has 0 aromatic rings. The zero-order valence-electron chi connectivity index (χ0n) is 7.82. The van der Waals surface area contributed by atoms with E-state index in [-0.39, 0.29) is 0 Å². The third-order valence-corrected chi connectivity index (χ3v) is 4.48. The Hall–Kier alpha value is 0.290. The van der Waals surface area contributed by atoms with Crippen LogP contribution in [0.5, 0.6) is 0 Å². The van der Waals surface area contributed by atoms with Crippen molar-refractivity contribution in [3.63, 3.8) is 0 Å². The standard InChI is InChI=1S/C11H19Cl/c12-9-10-3-7-11(8-4-10)5-1-2-6-11/h10H,1-9H2. The van der Waals surface area contributed by atoms with Crippen LogP contribution in [0.25, 0.3) is 0 Å². The van der Waals surface area contributed by atoms with E-state index >= 15 is 0 Å². The fourth-order valence-electron chi connectivity index (χ4n) is 3.07. The molecule has 0 aliphatic heterocycles. The second kappa shape index (κ2) is 3.57. The van der Waals surface area contributed by atoms with Crippen LogP contribution in [-0.4, -0.2) is 5.88 Å². The Morgan fingerprint density at radius 2 is 1.58 bits per heavy atom. The van der Waals surface area contributed by atoms with Crippen LogP contribution in [0.2, 0.25) is 0 Å². The predicted octanol–water partition coefficient (Wildman–Crippen LogP) is 3.98. The van der Waals surface area contributed by atoms with E-state index in [1.807, 2.05) is 0 Å². The van der Waals surface area contributed by atoms with Gasteiger partial charge in [-0.15, -0.1) is 11.6 Å². The van der Waals surface area contributed by atoms with Crippen LogP contribution in [0.4, 0.5) is 0 Å². The van der Waals surface area contributed by atoms with Crippen LogP contribution in [0.3, 0.4) is 0 Å². The molecular weight excluding hydrogens is 168 g/mol. The minimum atomic E-state index is 0.794. The molecule has 0 unspecified atom stereocenters. The molecule has 0 bridgehead atoms. The minimum Gasteiger partial charge on any atom is -0.126 e. The van der Waals surface area contributed by atoms with Gasteiger partial charge in [-0.3, -0.25) is 0 Å². The Morgan fingerprint density at radius 1 is 1.00 bits per heavy atom. The molecule has 2 saturated carbocycles. The van der Waals surface area contributed by atoms with E-state index in [1.165, 1.54) is 51.4 Å². The maximum atomic E-state index is 5.88. The summed E-state index contributed by atoms with van der Waals surface area (Å²) in [5.41, 5.74) is 0.794. The zero-order chi connectivity index (χ0) is 8.44. The number of rotatable bonds is 1. The summed E-state index contributed by atoms with van der Waals surface area (Å²) in [6.45, 7) is 0. The fourth-order valence-corrected chi connectivity index (χ4v) is 3.38. The lowest BCUT2D eigenvalue weighted by molar-refractivity contribution is 0.164. The third kappa shape index (κ3) is 1.64. The molecule has 0 aromatic carbocycles. The summed E-state index contributed by atoms with van der Waals surface area (Å²) in [6, 6.07) is 0. The van der Waals surface area contributed by atoms with Crippen LogP contribution in [0.15, 0.2) is 0 Å². The highest BCUT2D eigenvalue weighted by Crippen LogP contribution is 2.50. The normalized spacial score (nSPS) is 29.8. The molecule has 0 heterocycles. The first-order chi connectivity index (χ1) is 5.85. The van der Waals surface area contributed by atoms with Gasteiger partial charge < -0.3 is 0 Å². The Bertz CT molecular complexity index is 137. The second-order valence-corrected chi connectivity index (χ2v) is 5.11. The van der Waals surface area contributed by atoms with Crippen LogP contribution < -0.4 is 0 Å². The maximum Gasteiger partial charge on any atom is 0.0251 e. The molecule has 2 aliphatic rings. The van der Waals surface area contributed by atoms with Gasteiger partial charge in [0.1, 0.15) is 0 Å². The lowest BCUT2D eigenvalue weighted by Crippen LogP contribution is -2.25. The first kappa shape index (κ1) is 8.87. The molecule has 0 radical (unpaired) electrons. The highest BCUT2D eigenvalue weighted by molar-refractivity contribution is 6.18. The Labute approximate surface area is 80.7 Å². The van der Waals surface area contributed by atoms with E-state index in [0.717, 1.165) is 17.2 Å². The van der Waals surface area contributed by atoms with Crippen molar-refractivity contribution in [2.24, 2.45) is 11.3 Å². The Balaban J connectivity index is 1.88. The molecule has 70 valence electrons. The number of hydrogen-bond acceptors (Lipinski definition) is 0. The summed E-state index contributed by atoms with van der Waals surface area (Å²) >= 11 is 5.88. The smallest absolute Gasteiger partial charge is 0.0251 e. The molecule has 0 N–H and O–H groups in total. The van der Waals surface area contributed by atoms with Crippen molar-refractivity contribution in [2.45, 2.75) is 51.4 Å². The number of halogens is 1. The van der Waals surface area contributed by atoms with Crippen LogP contribution >= 0.6 is 11.6 Å². The van der Waals surface area contributed by atoms with E-state index in [4.69, 9.17) is 11.6 Å². The van der Waals surface area contributed by atoms with Gasteiger partial charge in [-0.2, -0.15) is 0 Å². The van der Waals surface area contributed by atoms with Gasteiger partial charge in [0.15, 0.2) is 0 Å². The second-order valence-electron chi connectivity index (χ2n) is 4.80. The summed E-state index contributed by atoms with van der Waals surface area (Å²) in [6.07, 6.45) is 11.8. The summed E-state index contributed by atoms with van der Waals surface area (Å²) < 4.78 is 0. The van der Waals surface area contributed by atoms with Crippen LogP contribution in [0, 0.1) is 11.3 Å². The van der Waals surface area contributed by atoms with Crippen molar-refractivity contribution >= 4 is 11.6 Å². The van der Waals surface area contributed by atoms with Crippen LogP contribution in [0.1, 0.15) is 51.4 Å². The van der Waals surface area contributed by atoms with E-state index in [1.54, 1.807) is 0 Å². The average molecular weight is 187 g/mol. The zero-order valence-corrected chi connectivity index (χ0v) is 8.58. The molecule has 2 fully saturated rings. The quantitative estimate of drug-likeness (QED) is 0.544. The van der Waals surface area contributed by atoms with Gasteiger partial charge in [0, 0.05) is 5.88 Å². The molecule has 12 heavy (non-hydrogen) atoms. The lowest BCUT2D eigenvalue weighted by Gasteiger charge is -2.36. The van der Waals surface area contributed by atoms with Gasteiger partial charge in [-0.1, -0.05) is 12.8 Å². The predicted molar refractivity (Wildman–Crippen MR) is 53.6 cm³/mol. The number of alkyl halides is 1. The maximum absolute atomic E-state index is 5.88. The molecule has 0 atom stereocenters. The minimum absolute atomic E-state index is 0.794. The molecule has 1 spiro atoms. The monoisotopic (exact) mass is 186 g/mol. The molecule has 0 saturated heterocycles. The topological polar surface area (TPSA) is 0 Å². The molecule has 2 rings (SSSR count). The summed E-state index contributed by atoms with van der Waals surface area (Å²) in [5, 5.41) is 0. The van der Waals surface area contributed by atoms with Crippen molar-refractivity contribution in [2.75, 3.05) is 5.88 Å². The van der Waals surface area contributed by atoms with E-state index in [0.29, 0.717) is 0 Å². The van der Waals surface area contributed by atoms with Gasteiger partial charge in [0.25, 0.3) is 0 Å². The Kier molecular flexibility index (Phi) is 2.64. The van der Waals surface area contributed by atoms with Crippen molar-refractivity contribution in [3.05, 3.63) is 0 Å². The summed E-state index contributed by atoms with van der Waals surface area (Å²) in [7, 11) is 0. The summed E-state index contributed by atoms with van der Waals surface area (Å²) in [5.74, 6) is 1.74. The van der Waals surface area contributed by atoms with Crippen molar-refractivity contribution < 1.29 is 0 Å². The summed E-state index contributed by atoms with van der Waals surface area (Å²) in [4.78, 5) is 0. The molecule has 0 amide bonds. The van der Waals surface area contributed by atoms with Crippen molar-refractivity contribution in [1.29, 1.82) is 0 Å². The molecule has 1 heteroatoms. The molecular formula is C11H19Cl. The van der Waals surface area contributed by atoms with E-state index < -0.39 is 0 Å². The van der Waals surface area contributed by atoms with Gasteiger partial charge in [0.2, 0.25) is 0 Å². The van der Waals surface area contributed by atoms with Gasteiger partial charge in [-0.05, 0) is 49.9 Å². The highest BCUT2D eigenvalue weighted by atomic mass is 35.5. The largest absolute Gasteiger partial charge is 0.126 e. The first-order valence-electron chi connectivity index (χ1n) is 5.41. The van der Waals surface area contributed by atoms with Gasteiger partial charge in [0.05, 0.1) is 0 Å². The fraction of sp³-hybridized carbons (Fsp3) is 1.00. The van der Waals surface area contributed by atoms with E-state index in [2.05, 4.69) is 0 Å². The highest BCUT2D eigenvalue weighted by Gasteiger charge is 2.36. The lowest BCUT2D eigenvalue weighted by atomic mass is 9.70.